The third-order valence-electron chi connectivity index (χ3n) is 4.82. The minimum Gasteiger partial charge on any atom is -0.383 e. The number of benzene rings is 2. The van der Waals surface area contributed by atoms with Crippen molar-refractivity contribution in [3.63, 3.8) is 0 Å². The maximum Gasteiger partial charge on any atom is 0.267 e. The van der Waals surface area contributed by atoms with E-state index in [2.05, 4.69) is 27.5 Å². The average Bonchev–Trinajstić information content (AvgIpc) is 2.70. The van der Waals surface area contributed by atoms with E-state index in [0.717, 1.165) is 29.9 Å². The minimum atomic E-state index is -0.674. The molecule has 27 heavy (non-hydrogen) atoms. The van der Waals surface area contributed by atoms with Crippen LogP contribution in [0, 0.1) is 6.92 Å². The number of aryl methyl sites for hydroxylation is 1. The number of carbonyl (C=O) groups excluding carboxylic acids is 1. The molecule has 1 fully saturated rings. The van der Waals surface area contributed by atoms with Gasteiger partial charge < -0.3 is 15.1 Å². The van der Waals surface area contributed by atoms with E-state index in [4.69, 9.17) is 4.84 Å². The lowest BCUT2D eigenvalue weighted by Crippen LogP contribution is -2.29. The van der Waals surface area contributed by atoms with E-state index in [1.165, 1.54) is 24.9 Å². The molecular formula is C22H27N3O2. The van der Waals surface area contributed by atoms with Gasteiger partial charge in [-0.05, 0) is 68.5 Å². The maximum atomic E-state index is 12.3. The lowest BCUT2D eigenvalue weighted by atomic mass is 10.1. The molecule has 3 rings (SSSR count). The summed E-state index contributed by atoms with van der Waals surface area (Å²) in [6.45, 7) is 5.91. The molecule has 0 spiro atoms. The van der Waals surface area contributed by atoms with Crippen LogP contribution >= 0.6 is 0 Å². The van der Waals surface area contributed by atoms with Gasteiger partial charge in [0.25, 0.3) is 5.91 Å². The first-order valence-electron chi connectivity index (χ1n) is 9.54. The third kappa shape index (κ3) is 5.33. The minimum absolute atomic E-state index is 0.220. The number of hydrogen-bond acceptors (Lipinski definition) is 4. The largest absolute Gasteiger partial charge is 0.383 e. The molecule has 2 aromatic carbocycles. The highest BCUT2D eigenvalue weighted by Gasteiger charge is 2.15. The summed E-state index contributed by atoms with van der Waals surface area (Å²) in [7, 11) is 0. The highest BCUT2D eigenvalue weighted by molar-refractivity contribution is 5.94. The fourth-order valence-corrected chi connectivity index (χ4v) is 3.11. The highest BCUT2D eigenvalue weighted by Crippen LogP contribution is 2.22. The van der Waals surface area contributed by atoms with Gasteiger partial charge in [-0.1, -0.05) is 29.4 Å². The molecule has 0 bridgehead atoms. The van der Waals surface area contributed by atoms with Crippen molar-refractivity contribution in [3.8, 4) is 0 Å². The molecule has 1 atom stereocenters. The molecular weight excluding hydrogens is 338 g/mol. The molecule has 142 valence electrons. The fraction of sp³-hybridized carbons (Fsp3) is 0.364. The molecule has 1 N–H and O–H groups in total. The van der Waals surface area contributed by atoms with Crippen LogP contribution in [-0.2, 0) is 9.63 Å². The summed E-state index contributed by atoms with van der Waals surface area (Å²) in [6, 6.07) is 15.9. The Morgan fingerprint density at radius 3 is 2.52 bits per heavy atom. The van der Waals surface area contributed by atoms with Crippen LogP contribution in [0.1, 0.15) is 37.3 Å². The van der Waals surface area contributed by atoms with Gasteiger partial charge in [0.1, 0.15) is 0 Å². The van der Waals surface area contributed by atoms with Crippen molar-refractivity contribution < 1.29 is 9.63 Å². The van der Waals surface area contributed by atoms with Crippen LogP contribution in [-0.4, -0.2) is 31.3 Å². The number of oxime groups is 1. The second-order valence-corrected chi connectivity index (χ2v) is 6.92. The van der Waals surface area contributed by atoms with Crippen LogP contribution in [0.4, 0.5) is 11.4 Å². The molecule has 1 amide bonds. The SMILES string of the molecule is Cc1ccccc1/C=N\O[C@H](C)C(=O)Nc1ccc(N2CCCCC2)cc1. The normalized spacial score (nSPS) is 15.6. The van der Waals surface area contributed by atoms with Crippen molar-refractivity contribution in [2.45, 2.75) is 39.2 Å². The lowest BCUT2D eigenvalue weighted by Gasteiger charge is -2.28. The van der Waals surface area contributed by atoms with Crippen LogP contribution < -0.4 is 10.2 Å². The molecule has 5 heteroatoms. The van der Waals surface area contributed by atoms with Crippen molar-refractivity contribution >= 4 is 23.5 Å². The number of nitrogens with zero attached hydrogens (tertiary/aromatic N) is 2. The van der Waals surface area contributed by atoms with Crippen molar-refractivity contribution in [2.75, 3.05) is 23.3 Å². The maximum absolute atomic E-state index is 12.3. The van der Waals surface area contributed by atoms with Crippen LogP contribution in [0.25, 0.3) is 0 Å². The van der Waals surface area contributed by atoms with Gasteiger partial charge in [0, 0.05) is 24.5 Å². The number of anilines is 2. The van der Waals surface area contributed by atoms with Crippen molar-refractivity contribution in [1.82, 2.24) is 0 Å². The van der Waals surface area contributed by atoms with E-state index >= 15 is 0 Å². The van der Waals surface area contributed by atoms with Gasteiger partial charge in [-0.3, -0.25) is 4.79 Å². The van der Waals surface area contributed by atoms with Crippen LogP contribution in [0.3, 0.4) is 0 Å². The predicted molar refractivity (Wildman–Crippen MR) is 110 cm³/mol. The van der Waals surface area contributed by atoms with Crippen LogP contribution in [0.2, 0.25) is 0 Å². The summed E-state index contributed by atoms with van der Waals surface area (Å²) in [6.07, 6.45) is 4.76. The van der Waals surface area contributed by atoms with Crippen molar-refractivity contribution in [3.05, 3.63) is 59.7 Å². The Labute approximate surface area is 161 Å². The summed E-state index contributed by atoms with van der Waals surface area (Å²) in [5.74, 6) is -0.220. The summed E-state index contributed by atoms with van der Waals surface area (Å²) >= 11 is 0. The standard InChI is InChI=1S/C22H27N3O2/c1-17-8-4-5-9-19(17)16-23-27-18(2)22(26)24-20-10-12-21(13-11-20)25-14-6-3-7-15-25/h4-5,8-13,16,18H,3,6-7,14-15H2,1-2H3,(H,24,26)/b23-16-/t18-/m1/s1. The second kappa shape index (κ2) is 9.21. The first kappa shape index (κ1) is 19.0. The number of amides is 1. The molecule has 0 radical (unpaired) electrons. The van der Waals surface area contributed by atoms with Crippen molar-refractivity contribution in [1.29, 1.82) is 0 Å². The quantitative estimate of drug-likeness (QED) is 0.611. The van der Waals surface area contributed by atoms with Gasteiger partial charge in [0.2, 0.25) is 6.10 Å². The lowest BCUT2D eigenvalue weighted by molar-refractivity contribution is -0.126. The van der Waals surface area contributed by atoms with E-state index in [-0.39, 0.29) is 5.91 Å². The number of carbonyl (C=O) groups is 1. The molecule has 1 heterocycles. The Morgan fingerprint density at radius 2 is 1.81 bits per heavy atom. The summed E-state index contributed by atoms with van der Waals surface area (Å²) in [4.78, 5) is 20.0. The van der Waals surface area contributed by atoms with Gasteiger partial charge in [-0.25, -0.2) is 0 Å². The molecule has 1 aliphatic heterocycles. The molecule has 0 aliphatic carbocycles. The Balaban J connectivity index is 1.51. The van der Waals surface area contributed by atoms with Crippen LogP contribution in [0.15, 0.2) is 53.7 Å². The van der Waals surface area contributed by atoms with Gasteiger partial charge >= 0.3 is 0 Å². The fourth-order valence-electron chi connectivity index (χ4n) is 3.11. The van der Waals surface area contributed by atoms with E-state index in [0.29, 0.717) is 0 Å². The zero-order valence-electron chi connectivity index (χ0n) is 16.0. The zero-order valence-corrected chi connectivity index (χ0v) is 16.0. The molecule has 1 aliphatic rings. The van der Waals surface area contributed by atoms with Crippen molar-refractivity contribution in [2.24, 2.45) is 5.16 Å². The Bertz CT molecular complexity index is 780. The van der Waals surface area contributed by atoms with E-state index in [9.17, 15) is 4.79 Å². The summed E-state index contributed by atoms with van der Waals surface area (Å²) in [5.41, 5.74) is 4.05. The number of hydrogen-bond donors (Lipinski definition) is 1. The summed E-state index contributed by atoms with van der Waals surface area (Å²) in [5, 5.41) is 6.82. The number of nitrogens with one attached hydrogen (secondary N) is 1. The van der Waals surface area contributed by atoms with Gasteiger partial charge in [0.15, 0.2) is 0 Å². The molecule has 0 aromatic heterocycles. The number of piperidine rings is 1. The molecule has 0 saturated carbocycles. The van der Waals surface area contributed by atoms with Gasteiger partial charge in [0.05, 0.1) is 6.21 Å². The number of rotatable bonds is 6. The molecule has 5 nitrogen and oxygen atoms in total. The first-order chi connectivity index (χ1) is 13.1. The van der Waals surface area contributed by atoms with Crippen LogP contribution in [0.5, 0.6) is 0 Å². The second-order valence-electron chi connectivity index (χ2n) is 6.92. The monoisotopic (exact) mass is 365 g/mol. The predicted octanol–water partition coefficient (Wildman–Crippen LogP) is 4.36. The van der Waals surface area contributed by atoms with E-state index in [1.807, 2.05) is 43.3 Å². The average molecular weight is 365 g/mol. The first-order valence-corrected chi connectivity index (χ1v) is 9.54. The van der Waals surface area contributed by atoms with E-state index in [1.54, 1.807) is 13.1 Å². The highest BCUT2D eigenvalue weighted by atomic mass is 16.6. The zero-order chi connectivity index (χ0) is 19.1. The Hall–Kier alpha value is -2.82. The smallest absolute Gasteiger partial charge is 0.267 e. The third-order valence-corrected chi connectivity index (χ3v) is 4.82. The Kier molecular flexibility index (Phi) is 6.47. The molecule has 0 unspecified atom stereocenters. The molecule has 1 saturated heterocycles. The Morgan fingerprint density at radius 1 is 1.11 bits per heavy atom. The van der Waals surface area contributed by atoms with E-state index < -0.39 is 6.10 Å². The molecule has 2 aromatic rings. The topological polar surface area (TPSA) is 53.9 Å². The van der Waals surface area contributed by atoms with Gasteiger partial charge in [-0.2, -0.15) is 0 Å². The van der Waals surface area contributed by atoms with Gasteiger partial charge in [-0.15, -0.1) is 0 Å². The summed E-state index contributed by atoms with van der Waals surface area (Å²) < 4.78 is 0.